The van der Waals surface area contributed by atoms with Crippen molar-refractivity contribution in [2.45, 2.75) is 33.2 Å². The van der Waals surface area contributed by atoms with E-state index in [1.54, 1.807) is 0 Å². The molecule has 100 valence electrons. The van der Waals surface area contributed by atoms with Crippen molar-refractivity contribution in [3.63, 3.8) is 0 Å². The highest BCUT2D eigenvalue weighted by molar-refractivity contribution is 7.99. The van der Waals surface area contributed by atoms with Gasteiger partial charge in [0.25, 0.3) is 0 Å². The summed E-state index contributed by atoms with van der Waals surface area (Å²) in [7, 11) is 0. The van der Waals surface area contributed by atoms with Crippen LogP contribution in [0.2, 0.25) is 0 Å². The van der Waals surface area contributed by atoms with Crippen LogP contribution in [0.1, 0.15) is 38.8 Å². The fourth-order valence-corrected chi connectivity index (χ4v) is 3.88. The highest BCUT2D eigenvalue weighted by Gasteiger charge is 2.27. The molecule has 2 atom stereocenters. The third-order valence-corrected chi connectivity index (χ3v) is 4.87. The topological polar surface area (TPSA) is 12.0 Å². The van der Waals surface area contributed by atoms with Gasteiger partial charge in [-0.15, -0.1) is 0 Å². The van der Waals surface area contributed by atoms with Crippen LogP contribution in [-0.4, -0.2) is 18.1 Å². The maximum atomic E-state index is 3.80. The van der Waals surface area contributed by atoms with Crippen LogP contribution < -0.4 is 5.32 Å². The summed E-state index contributed by atoms with van der Waals surface area (Å²) in [4.78, 5) is 0. The first-order valence-corrected chi connectivity index (χ1v) is 8.09. The summed E-state index contributed by atoms with van der Waals surface area (Å²) in [6.45, 7) is 8.12. The van der Waals surface area contributed by atoms with E-state index in [0.717, 1.165) is 12.5 Å². The highest BCUT2D eigenvalue weighted by Crippen LogP contribution is 2.33. The Hall–Kier alpha value is -0.470. The Morgan fingerprint density at radius 2 is 2.00 bits per heavy atom. The van der Waals surface area contributed by atoms with Gasteiger partial charge >= 0.3 is 0 Å². The van der Waals surface area contributed by atoms with E-state index >= 15 is 0 Å². The fourth-order valence-electron chi connectivity index (χ4n) is 2.60. The number of thioether (sulfide) groups is 1. The molecule has 0 spiro atoms. The lowest BCUT2D eigenvalue weighted by atomic mass is 9.82. The van der Waals surface area contributed by atoms with Crippen LogP contribution in [0.3, 0.4) is 0 Å². The Labute approximate surface area is 116 Å². The number of hydrogen-bond acceptors (Lipinski definition) is 2. The van der Waals surface area contributed by atoms with E-state index in [9.17, 15) is 0 Å². The Bertz CT molecular complexity index is 349. The summed E-state index contributed by atoms with van der Waals surface area (Å²) < 4.78 is 0. The molecule has 0 bridgehead atoms. The van der Waals surface area contributed by atoms with Crippen LogP contribution in [0.25, 0.3) is 0 Å². The second kappa shape index (κ2) is 6.12. The lowest BCUT2D eigenvalue weighted by Gasteiger charge is -2.33. The first-order valence-electron chi connectivity index (χ1n) is 6.93. The molecular weight excluding hydrogens is 238 g/mol. The van der Waals surface area contributed by atoms with Crippen LogP contribution in [0.5, 0.6) is 0 Å². The Balaban J connectivity index is 2.01. The molecule has 0 aromatic heterocycles. The summed E-state index contributed by atoms with van der Waals surface area (Å²) in [5.74, 6) is 3.54. The zero-order chi connectivity index (χ0) is 13.0. The van der Waals surface area contributed by atoms with Gasteiger partial charge in [-0.05, 0) is 41.4 Å². The minimum atomic E-state index is 0.257. The second-order valence-electron chi connectivity index (χ2n) is 6.35. The highest BCUT2D eigenvalue weighted by atomic mass is 32.2. The van der Waals surface area contributed by atoms with E-state index in [0.29, 0.717) is 6.04 Å². The summed E-state index contributed by atoms with van der Waals surface area (Å²) in [6.07, 6.45) is 1.38. The minimum absolute atomic E-state index is 0.257. The standard InChI is InChI=1S/C16H25NS/c1-16(2,3)15(14-7-5-4-6-8-14)17-11-13-9-10-18-12-13/h4-8,13,15,17H,9-12H2,1-3H3. The van der Waals surface area contributed by atoms with Gasteiger partial charge in [0.15, 0.2) is 0 Å². The molecule has 0 aliphatic carbocycles. The molecule has 1 aromatic carbocycles. The SMILES string of the molecule is CC(C)(C)C(NCC1CCSC1)c1ccccc1. The molecule has 1 heterocycles. The summed E-state index contributed by atoms with van der Waals surface area (Å²) in [6, 6.07) is 11.3. The quantitative estimate of drug-likeness (QED) is 0.877. The number of nitrogens with one attached hydrogen (secondary N) is 1. The average Bonchev–Trinajstić information content (AvgIpc) is 2.82. The van der Waals surface area contributed by atoms with Gasteiger partial charge in [-0.1, -0.05) is 51.1 Å². The van der Waals surface area contributed by atoms with Crippen molar-refractivity contribution in [2.24, 2.45) is 11.3 Å². The third-order valence-electron chi connectivity index (χ3n) is 3.63. The van der Waals surface area contributed by atoms with Crippen molar-refractivity contribution in [1.82, 2.24) is 5.32 Å². The number of benzene rings is 1. The molecule has 18 heavy (non-hydrogen) atoms. The van der Waals surface area contributed by atoms with Gasteiger partial charge in [0.05, 0.1) is 0 Å². The summed E-state index contributed by atoms with van der Waals surface area (Å²) in [5, 5.41) is 3.80. The molecule has 2 heteroatoms. The smallest absolute Gasteiger partial charge is 0.0369 e. The third kappa shape index (κ3) is 3.76. The Kier molecular flexibility index (Phi) is 4.74. The minimum Gasteiger partial charge on any atom is -0.309 e. The maximum Gasteiger partial charge on any atom is 0.0369 e. The monoisotopic (exact) mass is 263 g/mol. The van der Waals surface area contributed by atoms with Crippen LogP contribution in [0, 0.1) is 11.3 Å². The number of rotatable bonds is 4. The Morgan fingerprint density at radius 3 is 2.56 bits per heavy atom. The van der Waals surface area contributed by atoms with E-state index in [2.05, 4.69) is 68.2 Å². The normalized spacial score (nSPS) is 22.1. The van der Waals surface area contributed by atoms with Gasteiger partial charge in [-0.3, -0.25) is 0 Å². The van der Waals surface area contributed by atoms with Crippen molar-refractivity contribution < 1.29 is 0 Å². The van der Waals surface area contributed by atoms with E-state index in [1.807, 2.05) is 0 Å². The zero-order valence-corrected chi connectivity index (χ0v) is 12.6. The van der Waals surface area contributed by atoms with E-state index in [1.165, 1.54) is 23.5 Å². The van der Waals surface area contributed by atoms with Crippen molar-refractivity contribution in [2.75, 3.05) is 18.1 Å². The van der Waals surface area contributed by atoms with Crippen LogP contribution in [0.4, 0.5) is 0 Å². The molecule has 1 nitrogen and oxygen atoms in total. The van der Waals surface area contributed by atoms with Crippen molar-refractivity contribution in [3.8, 4) is 0 Å². The van der Waals surface area contributed by atoms with Crippen molar-refractivity contribution >= 4 is 11.8 Å². The van der Waals surface area contributed by atoms with Gasteiger partial charge in [0.2, 0.25) is 0 Å². The van der Waals surface area contributed by atoms with Crippen LogP contribution >= 0.6 is 11.8 Å². The maximum absolute atomic E-state index is 3.80. The van der Waals surface area contributed by atoms with Gasteiger partial charge in [0, 0.05) is 6.04 Å². The molecule has 1 fully saturated rings. The van der Waals surface area contributed by atoms with Gasteiger partial charge in [0.1, 0.15) is 0 Å². The first kappa shape index (κ1) is 14.0. The van der Waals surface area contributed by atoms with E-state index in [-0.39, 0.29) is 5.41 Å². The van der Waals surface area contributed by atoms with Gasteiger partial charge in [-0.25, -0.2) is 0 Å². The lowest BCUT2D eigenvalue weighted by molar-refractivity contribution is 0.263. The second-order valence-corrected chi connectivity index (χ2v) is 7.50. The molecule has 2 rings (SSSR count). The van der Waals surface area contributed by atoms with Gasteiger partial charge in [-0.2, -0.15) is 11.8 Å². The molecular formula is C16H25NS. The van der Waals surface area contributed by atoms with Crippen LogP contribution in [-0.2, 0) is 0 Å². The Morgan fingerprint density at radius 1 is 1.28 bits per heavy atom. The van der Waals surface area contributed by atoms with Gasteiger partial charge < -0.3 is 5.32 Å². The molecule has 0 saturated carbocycles. The predicted octanol–water partition coefficient (Wildman–Crippen LogP) is 4.12. The molecule has 0 radical (unpaired) electrons. The van der Waals surface area contributed by atoms with E-state index in [4.69, 9.17) is 0 Å². The first-order chi connectivity index (χ1) is 8.57. The predicted molar refractivity (Wildman–Crippen MR) is 82.1 cm³/mol. The molecule has 0 amide bonds. The lowest BCUT2D eigenvalue weighted by Crippen LogP contribution is -2.35. The largest absolute Gasteiger partial charge is 0.309 e. The van der Waals surface area contributed by atoms with Crippen LogP contribution in [0.15, 0.2) is 30.3 Å². The summed E-state index contributed by atoms with van der Waals surface area (Å²) >= 11 is 2.10. The fraction of sp³-hybridized carbons (Fsp3) is 0.625. The molecule has 2 unspecified atom stereocenters. The zero-order valence-electron chi connectivity index (χ0n) is 11.8. The van der Waals surface area contributed by atoms with E-state index < -0.39 is 0 Å². The molecule has 1 saturated heterocycles. The summed E-state index contributed by atoms with van der Waals surface area (Å²) in [5.41, 5.74) is 1.67. The average molecular weight is 263 g/mol. The van der Waals surface area contributed by atoms with Crippen molar-refractivity contribution in [1.29, 1.82) is 0 Å². The molecule has 1 aliphatic rings. The molecule has 1 aromatic rings. The van der Waals surface area contributed by atoms with Crippen molar-refractivity contribution in [3.05, 3.63) is 35.9 Å². The molecule has 1 N–H and O–H groups in total. The molecule has 1 aliphatic heterocycles. The number of hydrogen-bond donors (Lipinski definition) is 1.